The van der Waals surface area contributed by atoms with Gasteiger partial charge in [-0.3, -0.25) is 0 Å². The molecule has 35 heavy (non-hydrogen) atoms. The van der Waals surface area contributed by atoms with Crippen LogP contribution in [0.5, 0.6) is 0 Å². The van der Waals surface area contributed by atoms with Gasteiger partial charge in [-0.25, -0.2) is 8.42 Å². The second kappa shape index (κ2) is 9.95. The third kappa shape index (κ3) is 5.43. The fraction of sp³-hybridized carbons (Fsp3) is 0.733. The van der Waals surface area contributed by atoms with Crippen LogP contribution < -0.4 is 0 Å². The van der Waals surface area contributed by atoms with Crippen molar-refractivity contribution in [2.75, 3.05) is 0 Å². The van der Waals surface area contributed by atoms with Gasteiger partial charge in [0.15, 0.2) is 9.84 Å². The summed E-state index contributed by atoms with van der Waals surface area (Å²) in [5.74, 6) is 0.809. The second-order valence-corrected chi connectivity index (χ2v) is 16.4. The van der Waals surface area contributed by atoms with E-state index in [1.165, 1.54) is 11.1 Å². The highest BCUT2D eigenvalue weighted by Crippen LogP contribution is 2.57. The maximum atomic E-state index is 13.1. The molecule has 0 aliphatic heterocycles. The number of sulfone groups is 1. The molecule has 0 radical (unpaired) electrons. The molecule has 0 spiro atoms. The van der Waals surface area contributed by atoms with Gasteiger partial charge in [-0.15, -0.1) is 0 Å². The Bertz CT molecular complexity index is 1020. The molecule has 0 bridgehead atoms. The number of allylic oxidation sites excluding steroid dienone is 5. The van der Waals surface area contributed by atoms with Crippen molar-refractivity contribution in [1.29, 1.82) is 0 Å². The largest absolute Gasteiger partial charge is 0.393 e. The van der Waals surface area contributed by atoms with Gasteiger partial charge in [0.05, 0.1) is 21.7 Å². The number of aliphatic hydroxyl groups is 2. The van der Waals surface area contributed by atoms with Gasteiger partial charge < -0.3 is 10.2 Å². The van der Waals surface area contributed by atoms with Crippen molar-refractivity contribution in [2.24, 2.45) is 17.3 Å². The maximum absolute atomic E-state index is 13.1. The fourth-order valence-electron chi connectivity index (χ4n) is 6.76. The smallest absolute Gasteiger partial charge is 0.160 e. The highest BCUT2D eigenvalue weighted by molar-refractivity contribution is 7.94. The van der Waals surface area contributed by atoms with Crippen molar-refractivity contribution in [3.05, 3.63) is 47.1 Å². The molecule has 0 amide bonds. The molecule has 5 heteroatoms. The zero-order valence-corrected chi connectivity index (χ0v) is 23.8. The van der Waals surface area contributed by atoms with E-state index in [1.54, 1.807) is 20.8 Å². The molecule has 5 atom stereocenters. The first-order chi connectivity index (χ1) is 16.0. The SMILES string of the molecule is C=C1/C(=C\C=C2/CCC[C@]3(C)C([C@H](C)CCC(C)(C)S(=O)(=O)C(C)(C)C)=CCC23)C[C@@H](O)C[C@@H]1O. The Labute approximate surface area is 214 Å². The van der Waals surface area contributed by atoms with Crippen LogP contribution in [0.15, 0.2) is 47.1 Å². The normalized spacial score (nSPS) is 33.7. The lowest BCUT2D eigenvalue weighted by atomic mass is 9.62. The van der Waals surface area contributed by atoms with E-state index in [0.717, 1.165) is 43.3 Å². The van der Waals surface area contributed by atoms with Crippen LogP contribution >= 0.6 is 0 Å². The summed E-state index contributed by atoms with van der Waals surface area (Å²) in [6.45, 7) is 17.9. The first kappa shape index (κ1) is 28.4. The van der Waals surface area contributed by atoms with Crippen LogP contribution in [-0.2, 0) is 9.84 Å². The lowest BCUT2D eigenvalue weighted by molar-refractivity contribution is 0.0862. The van der Waals surface area contributed by atoms with Gasteiger partial charge in [0.25, 0.3) is 0 Å². The van der Waals surface area contributed by atoms with Crippen molar-refractivity contribution >= 4 is 9.84 Å². The van der Waals surface area contributed by atoms with E-state index in [0.29, 0.717) is 31.1 Å². The summed E-state index contributed by atoms with van der Waals surface area (Å²) in [7, 11) is -3.25. The van der Waals surface area contributed by atoms with Crippen molar-refractivity contribution in [3.8, 4) is 0 Å². The molecule has 4 nitrogen and oxygen atoms in total. The van der Waals surface area contributed by atoms with Crippen molar-refractivity contribution < 1.29 is 18.6 Å². The second-order valence-electron chi connectivity index (χ2n) is 13.1. The number of hydrogen-bond donors (Lipinski definition) is 2. The Balaban J connectivity index is 1.75. The summed E-state index contributed by atoms with van der Waals surface area (Å²) in [6, 6.07) is 0. The summed E-state index contributed by atoms with van der Waals surface area (Å²) in [6.07, 6.45) is 12.4. The van der Waals surface area contributed by atoms with Crippen LogP contribution in [0.3, 0.4) is 0 Å². The predicted molar refractivity (Wildman–Crippen MR) is 146 cm³/mol. The Morgan fingerprint density at radius 3 is 2.49 bits per heavy atom. The molecule has 3 aliphatic carbocycles. The molecule has 2 fully saturated rings. The number of fused-ring (bicyclic) bond motifs is 1. The molecule has 0 aromatic heterocycles. The molecule has 0 saturated heterocycles. The van der Waals surface area contributed by atoms with Gasteiger partial charge in [0.2, 0.25) is 0 Å². The van der Waals surface area contributed by atoms with Crippen molar-refractivity contribution in [2.45, 2.75) is 122 Å². The van der Waals surface area contributed by atoms with Gasteiger partial charge in [-0.2, -0.15) is 0 Å². The van der Waals surface area contributed by atoms with Crippen LogP contribution in [0.4, 0.5) is 0 Å². The van der Waals surface area contributed by atoms with E-state index >= 15 is 0 Å². The molecule has 198 valence electrons. The summed E-state index contributed by atoms with van der Waals surface area (Å²) in [4.78, 5) is 0. The highest BCUT2D eigenvalue weighted by atomic mass is 32.2. The standard InChI is InChI=1S/C30H48O4S/c1-20(15-17-29(6,7)35(33,34)28(3,4)5)25-13-14-26-22(10-9-16-30(25,26)8)11-12-23-18-24(31)19-27(32)21(23)2/h11-13,20,24,26-27,31-32H,2,9-10,14-19H2,1,3-8H3/b22-11+,23-12-/t20-,24-,26?,27+,30-/m1/s1. The van der Waals surface area contributed by atoms with Crippen LogP contribution in [0.25, 0.3) is 0 Å². The molecular weight excluding hydrogens is 456 g/mol. The van der Waals surface area contributed by atoms with Crippen LogP contribution in [-0.4, -0.2) is 40.3 Å². The summed E-state index contributed by atoms with van der Waals surface area (Å²) < 4.78 is 24.8. The third-order valence-corrected chi connectivity index (χ3v) is 12.4. The number of aliphatic hydroxyl groups excluding tert-OH is 2. The Hall–Kier alpha value is -1.17. The van der Waals surface area contributed by atoms with E-state index < -0.39 is 31.5 Å². The van der Waals surface area contributed by atoms with Gasteiger partial charge in [-0.1, -0.05) is 49.8 Å². The van der Waals surface area contributed by atoms with Crippen LogP contribution in [0.2, 0.25) is 0 Å². The van der Waals surface area contributed by atoms with Crippen molar-refractivity contribution in [3.63, 3.8) is 0 Å². The molecule has 2 N–H and O–H groups in total. The molecule has 3 aliphatic rings. The van der Waals surface area contributed by atoms with Gasteiger partial charge >= 0.3 is 0 Å². The Kier molecular flexibility index (Phi) is 8.07. The average molecular weight is 505 g/mol. The number of hydrogen-bond acceptors (Lipinski definition) is 4. The minimum absolute atomic E-state index is 0.109. The van der Waals surface area contributed by atoms with Gasteiger partial charge in [0.1, 0.15) is 0 Å². The minimum Gasteiger partial charge on any atom is -0.393 e. The van der Waals surface area contributed by atoms with Crippen LogP contribution in [0.1, 0.15) is 99.8 Å². The molecule has 0 heterocycles. The predicted octanol–water partition coefficient (Wildman–Crippen LogP) is 6.46. The van der Waals surface area contributed by atoms with Gasteiger partial charge in [0, 0.05) is 6.42 Å². The molecular formula is C30H48O4S. The minimum atomic E-state index is -3.25. The van der Waals surface area contributed by atoms with E-state index in [9.17, 15) is 18.6 Å². The maximum Gasteiger partial charge on any atom is 0.160 e. The Morgan fingerprint density at radius 1 is 1.20 bits per heavy atom. The Morgan fingerprint density at radius 2 is 1.86 bits per heavy atom. The lowest BCUT2D eigenvalue weighted by Gasteiger charge is -2.43. The summed E-state index contributed by atoms with van der Waals surface area (Å²) in [5, 5.41) is 20.3. The topological polar surface area (TPSA) is 74.6 Å². The summed E-state index contributed by atoms with van der Waals surface area (Å²) in [5.41, 5.74) is 4.74. The summed E-state index contributed by atoms with van der Waals surface area (Å²) >= 11 is 0. The van der Waals surface area contributed by atoms with Gasteiger partial charge in [-0.05, 0) is 108 Å². The lowest BCUT2D eigenvalue weighted by Crippen LogP contribution is -2.44. The van der Waals surface area contributed by atoms with E-state index in [1.807, 2.05) is 13.8 Å². The van der Waals surface area contributed by atoms with Crippen LogP contribution in [0, 0.1) is 17.3 Å². The number of rotatable bonds is 6. The van der Waals surface area contributed by atoms with E-state index in [2.05, 4.69) is 38.7 Å². The quantitative estimate of drug-likeness (QED) is 0.407. The van der Waals surface area contributed by atoms with E-state index in [4.69, 9.17) is 0 Å². The molecule has 3 rings (SSSR count). The first-order valence-electron chi connectivity index (χ1n) is 13.4. The highest BCUT2D eigenvalue weighted by Gasteiger charge is 2.47. The first-order valence-corrected chi connectivity index (χ1v) is 14.9. The van der Waals surface area contributed by atoms with E-state index in [-0.39, 0.29) is 5.41 Å². The molecule has 0 aromatic rings. The molecule has 0 aromatic carbocycles. The molecule has 2 saturated carbocycles. The molecule has 1 unspecified atom stereocenters. The fourth-order valence-corrected chi connectivity index (χ4v) is 8.81. The average Bonchev–Trinajstić information content (AvgIpc) is 3.10. The monoisotopic (exact) mass is 504 g/mol. The van der Waals surface area contributed by atoms with Crippen molar-refractivity contribution in [1.82, 2.24) is 0 Å². The third-order valence-electron chi connectivity index (χ3n) is 9.12. The zero-order chi connectivity index (χ0) is 26.4. The zero-order valence-electron chi connectivity index (χ0n) is 23.0.